The van der Waals surface area contributed by atoms with E-state index < -0.39 is 0 Å². The summed E-state index contributed by atoms with van der Waals surface area (Å²) in [7, 11) is 0. The Balaban J connectivity index is 2.66. The molecule has 0 bridgehead atoms. The van der Waals surface area contributed by atoms with E-state index in [-0.39, 0.29) is 5.41 Å². The van der Waals surface area contributed by atoms with Gasteiger partial charge in [-0.1, -0.05) is 39.3 Å². The van der Waals surface area contributed by atoms with Crippen LogP contribution in [0.25, 0.3) is 0 Å². The molecule has 0 aromatic carbocycles. The summed E-state index contributed by atoms with van der Waals surface area (Å²) in [5.41, 5.74) is 0.241. The number of rotatable bonds is 3. The van der Waals surface area contributed by atoms with Crippen molar-refractivity contribution in [2.45, 2.75) is 40.2 Å². The van der Waals surface area contributed by atoms with Crippen LogP contribution in [0.5, 0.6) is 0 Å². The number of hydrogen-bond acceptors (Lipinski definition) is 3. The zero-order chi connectivity index (χ0) is 10.8. The lowest BCUT2D eigenvalue weighted by Crippen LogP contribution is -2.33. The molecule has 1 rings (SSSR count). The molecule has 80 valence electrons. The average Bonchev–Trinajstić information content (AvgIpc) is 2.45. The predicted octanol–water partition coefficient (Wildman–Crippen LogP) is 4.03. The topological polar surface area (TPSA) is 24.9 Å². The molecule has 0 radical (unpaired) electrons. The highest BCUT2D eigenvalue weighted by atomic mass is 35.5. The highest BCUT2D eigenvalue weighted by molar-refractivity contribution is 7.14. The average molecular weight is 233 g/mol. The third kappa shape index (κ3) is 3.14. The number of halogens is 1. The van der Waals surface area contributed by atoms with E-state index in [1.54, 1.807) is 0 Å². The molecule has 1 heterocycles. The molecule has 1 unspecified atom stereocenters. The van der Waals surface area contributed by atoms with Gasteiger partial charge in [-0.05, 0) is 11.8 Å². The number of anilines is 1. The predicted molar refractivity (Wildman–Crippen MR) is 64.3 cm³/mol. The number of nitrogens with one attached hydrogen (secondary N) is 1. The van der Waals surface area contributed by atoms with Gasteiger partial charge in [0.05, 0.1) is 0 Å². The summed E-state index contributed by atoms with van der Waals surface area (Å²) in [5.74, 6) is 0.891. The minimum atomic E-state index is 0.241. The summed E-state index contributed by atoms with van der Waals surface area (Å²) in [6.45, 7) is 8.85. The lowest BCUT2D eigenvalue weighted by atomic mass is 9.85. The van der Waals surface area contributed by atoms with Crippen molar-refractivity contribution in [2.24, 2.45) is 5.41 Å². The van der Waals surface area contributed by atoms with Crippen molar-refractivity contribution < 1.29 is 0 Å². The van der Waals surface area contributed by atoms with Gasteiger partial charge < -0.3 is 5.32 Å². The van der Waals surface area contributed by atoms with Gasteiger partial charge in [0.1, 0.15) is 5.82 Å². The van der Waals surface area contributed by atoms with Crippen LogP contribution in [-0.4, -0.2) is 11.0 Å². The van der Waals surface area contributed by atoms with Crippen molar-refractivity contribution in [1.82, 2.24) is 4.98 Å². The van der Waals surface area contributed by atoms with Crippen molar-refractivity contribution in [3.8, 4) is 0 Å². The minimum Gasteiger partial charge on any atom is -0.366 e. The maximum absolute atomic E-state index is 5.77. The second-order valence-corrected chi connectivity index (χ2v) is 5.90. The summed E-state index contributed by atoms with van der Waals surface area (Å²) < 4.78 is 0.594. The molecule has 0 aliphatic rings. The van der Waals surface area contributed by atoms with Gasteiger partial charge in [-0.2, -0.15) is 0 Å². The monoisotopic (exact) mass is 232 g/mol. The first-order valence-electron chi connectivity index (χ1n) is 4.81. The van der Waals surface area contributed by atoms with Gasteiger partial charge in [0.25, 0.3) is 0 Å². The summed E-state index contributed by atoms with van der Waals surface area (Å²) in [6.07, 6.45) is 1.08. The van der Waals surface area contributed by atoms with E-state index in [0.29, 0.717) is 10.5 Å². The fraction of sp³-hybridized carbons (Fsp3) is 0.700. The molecule has 1 atom stereocenters. The van der Waals surface area contributed by atoms with Crippen molar-refractivity contribution in [1.29, 1.82) is 0 Å². The Kier molecular flexibility index (Phi) is 3.78. The van der Waals surface area contributed by atoms with Crippen LogP contribution in [-0.2, 0) is 0 Å². The first-order valence-corrected chi connectivity index (χ1v) is 6.07. The third-order valence-corrected chi connectivity index (χ3v) is 3.23. The van der Waals surface area contributed by atoms with Crippen LogP contribution in [0.1, 0.15) is 34.1 Å². The molecule has 0 fully saturated rings. The normalized spacial score (nSPS) is 14.1. The van der Waals surface area contributed by atoms with Crippen LogP contribution in [0.2, 0.25) is 4.47 Å². The van der Waals surface area contributed by atoms with E-state index in [9.17, 15) is 0 Å². The van der Waals surface area contributed by atoms with Gasteiger partial charge in [0.2, 0.25) is 0 Å². The minimum absolute atomic E-state index is 0.241. The second kappa shape index (κ2) is 4.49. The SMILES string of the molecule is CCC(Nc1csc(Cl)n1)C(C)(C)C. The summed E-state index contributed by atoms with van der Waals surface area (Å²) in [4.78, 5) is 4.18. The molecule has 4 heteroatoms. The van der Waals surface area contributed by atoms with Gasteiger partial charge in [-0.3, -0.25) is 0 Å². The number of hydrogen-bond donors (Lipinski definition) is 1. The first kappa shape index (κ1) is 11.8. The van der Waals surface area contributed by atoms with Crippen LogP contribution in [0.4, 0.5) is 5.82 Å². The van der Waals surface area contributed by atoms with Gasteiger partial charge in [-0.15, -0.1) is 11.3 Å². The van der Waals surface area contributed by atoms with Gasteiger partial charge in [-0.25, -0.2) is 4.98 Å². The first-order chi connectivity index (χ1) is 6.43. The Morgan fingerprint density at radius 1 is 1.57 bits per heavy atom. The van der Waals surface area contributed by atoms with Crippen LogP contribution in [0, 0.1) is 5.41 Å². The van der Waals surface area contributed by atoms with Crippen LogP contribution in [0.3, 0.4) is 0 Å². The van der Waals surface area contributed by atoms with Crippen molar-refractivity contribution in [3.63, 3.8) is 0 Å². The molecule has 0 saturated carbocycles. The standard InChI is InChI=1S/C10H17ClN2S/c1-5-7(10(2,3)4)12-8-6-14-9(11)13-8/h6-7,12H,5H2,1-4H3. The van der Waals surface area contributed by atoms with Gasteiger partial charge in [0.15, 0.2) is 4.47 Å². The molecule has 0 aliphatic heterocycles. The largest absolute Gasteiger partial charge is 0.366 e. The highest BCUT2D eigenvalue weighted by Crippen LogP contribution is 2.27. The van der Waals surface area contributed by atoms with Crippen LogP contribution in [0.15, 0.2) is 5.38 Å². The Hall–Kier alpha value is -0.280. The lowest BCUT2D eigenvalue weighted by molar-refractivity contribution is 0.333. The molecule has 0 spiro atoms. The van der Waals surface area contributed by atoms with E-state index in [2.05, 4.69) is 38.0 Å². The fourth-order valence-electron chi connectivity index (χ4n) is 1.43. The number of thiazole rings is 1. The Morgan fingerprint density at radius 2 is 2.21 bits per heavy atom. The lowest BCUT2D eigenvalue weighted by Gasteiger charge is -2.30. The van der Waals surface area contributed by atoms with E-state index in [1.807, 2.05) is 5.38 Å². The highest BCUT2D eigenvalue weighted by Gasteiger charge is 2.23. The molecule has 1 aromatic heterocycles. The summed E-state index contributed by atoms with van der Waals surface area (Å²) >= 11 is 7.23. The summed E-state index contributed by atoms with van der Waals surface area (Å²) in [6, 6.07) is 0.431. The Labute approximate surface area is 94.7 Å². The molecule has 1 N–H and O–H groups in total. The van der Waals surface area contributed by atoms with E-state index in [4.69, 9.17) is 11.6 Å². The molecule has 14 heavy (non-hydrogen) atoms. The molecular weight excluding hydrogens is 216 g/mol. The fourth-order valence-corrected chi connectivity index (χ4v) is 2.13. The number of aromatic nitrogens is 1. The second-order valence-electron chi connectivity index (χ2n) is 4.46. The molecule has 0 saturated heterocycles. The van der Waals surface area contributed by atoms with Crippen LogP contribution < -0.4 is 5.32 Å². The zero-order valence-corrected chi connectivity index (χ0v) is 10.7. The number of nitrogens with zero attached hydrogens (tertiary/aromatic N) is 1. The molecule has 1 aromatic rings. The van der Waals surface area contributed by atoms with Crippen molar-refractivity contribution >= 4 is 28.8 Å². The summed E-state index contributed by atoms with van der Waals surface area (Å²) in [5, 5.41) is 5.36. The Morgan fingerprint density at radius 3 is 2.57 bits per heavy atom. The van der Waals surface area contributed by atoms with E-state index in [1.165, 1.54) is 11.3 Å². The molecular formula is C10H17ClN2S. The van der Waals surface area contributed by atoms with E-state index in [0.717, 1.165) is 12.2 Å². The Bertz CT molecular complexity index is 291. The third-order valence-electron chi connectivity index (χ3n) is 2.25. The van der Waals surface area contributed by atoms with Gasteiger partial charge >= 0.3 is 0 Å². The molecule has 2 nitrogen and oxygen atoms in total. The zero-order valence-electron chi connectivity index (χ0n) is 9.10. The smallest absolute Gasteiger partial charge is 0.185 e. The van der Waals surface area contributed by atoms with Crippen molar-refractivity contribution in [3.05, 3.63) is 9.85 Å². The maximum Gasteiger partial charge on any atom is 0.185 e. The van der Waals surface area contributed by atoms with Crippen LogP contribution >= 0.6 is 22.9 Å². The molecule has 0 aliphatic carbocycles. The van der Waals surface area contributed by atoms with Crippen molar-refractivity contribution in [2.75, 3.05) is 5.32 Å². The quantitative estimate of drug-likeness (QED) is 0.851. The van der Waals surface area contributed by atoms with E-state index >= 15 is 0 Å². The van der Waals surface area contributed by atoms with Gasteiger partial charge in [0, 0.05) is 11.4 Å². The molecule has 0 amide bonds. The maximum atomic E-state index is 5.77.